The number of benzene rings is 2. The van der Waals surface area contributed by atoms with E-state index >= 15 is 0 Å². The van der Waals surface area contributed by atoms with Crippen LogP contribution in [0.1, 0.15) is 18.1 Å². The lowest BCUT2D eigenvalue weighted by atomic mass is 10.2. The van der Waals surface area contributed by atoms with E-state index in [0.29, 0.717) is 18.3 Å². The first-order valence-electron chi connectivity index (χ1n) is 7.00. The summed E-state index contributed by atoms with van der Waals surface area (Å²) in [5, 5.41) is 7.00. The van der Waals surface area contributed by atoms with Crippen molar-refractivity contribution in [3.05, 3.63) is 59.7 Å². The Labute approximate surface area is 131 Å². The first-order chi connectivity index (χ1) is 10.2. The number of ether oxygens (including phenoxy) is 1. The van der Waals surface area contributed by atoms with Crippen molar-refractivity contribution in [2.75, 3.05) is 11.9 Å². The third-order valence-electron chi connectivity index (χ3n) is 2.96. The molecule has 2 rings (SSSR count). The lowest BCUT2D eigenvalue weighted by Gasteiger charge is -2.11. The van der Waals surface area contributed by atoms with E-state index in [-0.39, 0.29) is 0 Å². The summed E-state index contributed by atoms with van der Waals surface area (Å²) in [6, 6.07) is 16.1. The van der Waals surface area contributed by atoms with Crippen molar-refractivity contribution in [3.8, 4) is 5.75 Å². The molecular weight excluding hydrogens is 280 g/mol. The van der Waals surface area contributed by atoms with Gasteiger partial charge in [0.15, 0.2) is 5.11 Å². The van der Waals surface area contributed by atoms with Crippen LogP contribution in [0.3, 0.4) is 0 Å². The Kier molecular flexibility index (Phi) is 5.58. The smallest absolute Gasteiger partial charge is 0.171 e. The Bertz CT molecular complexity index is 596. The highest BCUT2D eigenvalue weighted by atomic mass is 32.1. The average molecular weight is 300 g/mol. The monoisotopic (exact) mass is 300 g/mol. The molecule has 21 heavy (non-hydrogen) atoms. The highest BCUT2D eigenvalue weighted by Crippen LogP contribution is 2.12. The minimum Gasteiger partial charge on any atom is -0.494 e. The average Bonchev–Trinajstić information content (AvgIpc) is 2.47. The van der Waals surface area contributed by atoms with E-state index in [9.17, 15) is 0 Å². The van der Waals surface area contributed by atoms with Crippen molar-refractivity contribution in [2.45, 2.75) is 20.4 Å². The fourth-order valence-electron chi connectivity index (χ4n) is 1.95. The van der Waals surface area contributed by atoms with Crippen LogP contribution in [0, 0.1) is 6.92 Å². The number of hydrogen-bond donors (Lipinski definition) is 2. The minimum atomic E-state index is 0.620. The number of nitrogens with one attached hydrogen (secondary N) is 2. The fraction of sp³-hybridized carbons (Fsp3) is 0.235. The van der Waals surface area contributed by atoms with Gasteiger partial charge in [0, 0.05) is 12.2 Å². The fourth-order valence-corrected chi connectivity index (χ4v) is 2.14. The number of thiocarbonyl (C=S) groups is 1. The van der Waals surface area contributed by atoms with Crippen LogP contribution in [-0.4, -0.2) is 11.7 Å². The van der Waals surface area contributed by atoms with Crippen molar-refractivity contribution in [1.29, 1.82) is 0 Å². The Hall–Kier alpha value is -2.07. The number of hydrogen-bond acceptors (Lipinski definition) is 2. The summed E-state index contributed by atoms with van der Waals surface area (Å²) < 4.78 is 5.42. The van der Waals surface area contributed by atoms with E-state index in [0.717, 1.165) is 17.0 Å². The summed E-state index contributed by atoms with van der Waals surface area (Å²) >= 11 is 5.30. The van der Waals surface area contributed by atoms with Gasteiger partial charge in [-0.3, -0.25) is 0 Å². The van der Waals surface area contributed by atoms with Crippen molar-refractivity contribution >= 4 is 23.0 Å². The summed E-state index contributed by atoms with van der Waals surface area (Å²) in [4.78, 5) is 0. The molecule has 0 saturated heterocycles. The first-order valence-corrected chi connectivity index (χ1v) is 7.41. The lowest BCUT2D eigenvalue weighted by Crippen LogP contribution is -2.27. The third-order valence-corrected chi connectivity index (χ3v) is 3.21. The molecule has 0 bridgehead atoms. The molecule has 2 N–H and O–H groups in total. The topological polar surface area (TPSA) is 33.3 Å². The molecule has 0 radical (unpaired) electrons. The molecule has 0 amide bonds. The maximum absolute atomic E-state index is 5.42. The highest BCUT2D eigenvalue weighted by Gasteiger charge is 1.99. The van der Waals surface area contributed by atoms with Gasteiger partial charge in [-0.1, -0.05) is 24.3 Å². The molecule has 2 aromatic rings. The molecule has 2 aromatic carbocycles. The summed E-state index contributed by atoms with van der Waals surface area (Å²) in [6.45, 7) is 5.40. The van der Waals surface area contributed by atoms with Crippen molar-refractivity contribution < 1.29 is 4.74 Å². The largest absolute Gasteiger partial charge is 0.494 e. The van der Waals surface area contributed by atoms with Gasteiger partial charge in [-0.05, 0) is 61.5 Å². The molecule has 0 aliphatic heterocycles. The molecule has 0 saturated carbocycles. The zero-order valence-electron chi connectivity index (χ0n) is 12.3. The zero-order chi connectivity index (χ0) is 15.1. The van der Waals surface area contributed by atoms with Crippen molar-refractivity contribution in [2.24, 2.45) is 0 Å². The molecular formula is C17H20N2OS. The van der Waals surface area contributed by atoms with E-state index < -0.39 is 0 Å². The lowest BCUT2D eigenvalue weighted by molar-refractivity contribution is 0.340. The molecule has 110 valence electrons. The van der Waals surface area contributed by atoms with Crippen LogP contribution in [0.25, 0.3) is 0 Å². The Morgan fingerprint density at radius 2 is 1.90 bits per heavy atom. The standard InChI is InChI=1S/C17H20N2OS/c1-3-20-16-9-7-14(8-10-16)12-18-17(21)19-15-6-4-5-13(2)11-15/h4-11H,3,12H2,1-2H3,(H2,18,19,21). The van der Waals surface area contributed by atoms with E-state index in [4.69, 9.17) is 17.0 Å². The van der Waals surface area contributed by atoms with E-state index in [2.05, 4.69) is 29.7 Å². The predicted octanol–water partition coefficient (Wildman–Crippen LogP) is 3.88. The van der Waals surface area contributed by atoms with Gasteiger partial charge in [-0.15, -0.1) is 0 Å². The SMILES string of the molecule is CCOc1ccc(CNC(=S)Nc2cccc(C)c2)cc1. The van der Waals surface area contributed by atoms with Gasteiger partial charge in [0.2, 0.25) is 0 Å². The molecule has 0 aliphatic carbocycles. The second-order valence-corrected chi connectivity index (χ2v) is 5.16. The Balaban J connectivity index is 1.83. The van der Waals surface area contributed by atoms with Crippen LogP contribution in [0.15, 0.2) is 48.5 Å². The number of aryl methyl sites for hydroxylation is 1. The van der Waals surface area contributed by atoms with Gasteiger partial charge in [-0.25, -0.2) is 0 Å². The maximum Gasteiger partial charge on any atom is 0.171 e. The first kappa shape index (κ1) is 15.3. The molecule has 0 aliphatic rings. The molecule has 3 nitrogen and oxygen atoms in total. The normalized spacial score (nSPS) is 10.0. The minimum absolute atomic E-state index is 0.620. The summed E-state index contributed by atoms with van der Waals surface area (Å²) in [7, 11) is 0. The maximum atomic E-state index is 5.42. The van der Waals surface area contributed by atoms with Gasteiger partial charge in [-0.2, -0.15) is 0 Å². The van der Waals surface area contributed by atoms with Crippen LogP contribution < -0.4 is 15.4 Å². The van der Waals surface area contributed by atoms with Crippen LogP contribution >= 0.6 is 12.2 Å². The number of anilines is 1. The van der Waals surface area contributed by atoms with E-state index in [1.165, 1.54) is 5.56 Å². The molecule has 4 heteroatoms. The molecule has 0 aromatic heterocycles. The van der Waals surface area contributed by atoms with Crippen LogP contribution in [0.5, 0.6) is 5.75 Å². The summed E-state index contributed by atoms with van der Waals surface area (Å²) in [5.74, 6) is 0.890. The quantitative estimate of drug-likeness (QED) is 0.821. The van der Waals surface area contributed by atoms with Gasteiger partial charge >= 0.3 is 0 Å². The summed E-state index contributed by atoms with van der Waals surface area (Å²) in [5.41, 5.74) is 3.36. The number of rotatable bonds is 5. The van der Waals surface area contributed by atoms with E-state index in [1.807, 2.05) is 43.3 Å². The van der Waals surface area contributed by atoms with Gasteiger partial charge < -0.3 is 15.4 Å². The predicted molar refractivity (Wildman–Crippen MR) is 91.9 cm³/mol. The van der Waals surface area contributed by atoms with Crippen LogP contribution in [-0.2, 0) is 6.54 Å². The van der Waals surface area contributed by atoms with Gasteiger partial charge in [0.1, 0.15) is 5.75 Å². The van der Waals surface area contributed by atoms with Crippen molar-refractivity contribution in [3.63, 3.8) is 0 Å². The second-order valence-electron chi connectivity index (χ2n) is 4.75. The third kappa shape index (κ3) is 5.08. The second kappa shape index (κ2) is 7.64. The Morgan fingerprint density at radius 3 is 2.57 bits per heavy atom. The van der Waals surface area contributed by atoms with Gasteiger partial charge in [0.25, 0.3) is 0 Å². The molecule has 0 unspecified atom stereocenters. The molecule has 0 spiro atoms. The molecule has 0 fully saturated rings. The summed E-state index contributed by atoms with van der Waals surface area (Å²) in [6.07, 6.45) is 0. The molecule has 0 atom stereocenters. The highest BCUT2D eigenvalue weighted by molar-refractivity contribution is 7.80. The Morgan fingerprint density at radius 1 is 1.14 bits per heavy atom. The van der Waals surface area contributed by atoms with Crippen LogP contribution in [0.2, 0.25) is 0 Å². The molecule has 0 heterocycles. The zero-order valence-corrected chi connectivity index (χ0v) is 13.2. The van der Waals surface area contributed by atoms with Gasteiger partial charge in [0.05, 0.1) is 6.61 Å². The van der Waals surface area contributed by atoms with Crippen LogP contribution in [0.4, 0.5) is 5.69 Å². The van der Waals surface area contributed by atoms with Crippen molar-refractivity contribution in [1.82, 2.24) is 5.32 Å². The van der Waals surface area contributed by atoms with E-state index in [1.54, 1.807) is 0 Å².